The predicted molar refractivity (Wildman–Crippen MR) is 75.8 cm³/mol. The zero-order valence-electron chi connectivity index (χ0n) is 11.9. The van der Waals surface area contributed by atoms with Crippen LogP contribution in [0.1, 0.15) is 13.3 Å². The fourth-order valence-corrected chi connectivity index (χ4v) is 2.82. The Morgan fingerprint density at radius 3 is 2.48 bits per heavy atom. The van der Waals surface area contributed by atoms with Crippen molar-refractivity contribution >= 4 is 16.0 Å². The lowest BCUT2D eigenvalue weighted by molar-refractivity contribution is -0.137. The van der Waals surface area contributed by atoms with Crippen LogP contribution < -0.4 is 9.46 Å². The summed E-state index contributed by atoms with van der Waals surface area (Å²) in [6.45, 7) is 2.00. The molecule has 1 unspecified atom stereocenters. The summed E-state index contributed by atoms with van der Waals surface area (Å²) >= 11 is 0. The second kappa shape index (κ2) is 7.96. The van der Waals surface area contributed by atoms with Gasteiger partial charge in [-0.05, 0) is 31.2 Å². The Morgan fingerprint density at radius 2 is 1.95 bits per heavy atom. The van der Waals surface area contributed by atoms with Gasteiger partial charge in [0.1, 0.15) is 5.75 Å². The van der Waals surface area contributed by atoms with Crippen molar-refractivity contribution < 1.29 is 27.8 Å². The van der Waals surface area contributed by atoms with Crippen molar-refractivity contribution in [3.05, 3.63) is 24.3 Å². The number of ether oxygens (including phenoxy) is 2. The van der Waals surface area contributed by atoms with E-state index in [4.69, 9.17) is 14.6 Å². The van der Waals surface area contributed by atoms with Gasteiger partial charge in [0.25, 0.3) is 0 Å². The fourth-order valence-electron chi connectivity index (χ4n) is 1.59. The van der Waals surface area contributed by atoms with Gasteiger partial charge in [0, 0.05) is 13.2 Å². The molecule has 0 bridgehead atoms. The summed E-state index contributed by atoms with van der Waals surface area (Å²) in [4.78, 5) is 10.5. The van der Waals surface area contributed by atoms with Gasteiger partial charge in [0.2, 0.25) is 10.0 Å². The van der Waals surface area contributed by atoms with Crippen LogP contribution in [0.5, 0.6) is 5.75 Å². The zero-order chi connectivity index (χ0) is 15.9. The Labute approximate surface area is 123 Å². The summed E-state index contributed by atoms with van der Waals surface area (Å²) in [7, 11) is -2.12. The molecule has 8 heteroatoms. The highest BCUT2D eigenvalue weighted by Crippen LogP contribution is 2.16. The van der Waals surface area contributed by atoms with Gasteiger partial charge >= 0.3 is 5.97 Å². The lowest BCUT2D eigenvalue weighted by Gasteiger charge is -2.13. The third-order valence-corrected chi connectivity index (χ3v) is 4.10. The molecule has 2 N–H and O–H groups in total. The van der Waals surface area contributed by atoms with E-state index in [1.54, 1.807) is 6.92 Å². The van der Waals surface area contributed by atoms with Crippen LogP contribution in [-0.4, -0.2) is 45.9 Å². The maximum Gasteiger partial charge on any atom is 0.306 e. The molecule has 118 valence electrons. The van der Waals surface area contributed by atoms with E-state index >= 15 is 0 Å². The molecule has 7 nitrogen and oxygen atoms in total. The first kappa shape index (κ1) is 17.4. The highest BCUT2D eigenvalue weighted by Gasteiger charge is 2.17. The maximum absolute atomic E-state index is 12.0. The van der Waals surface area contributed by atoms with Gasteiger partial charge in [-0.2, -0.15) is 0 Å². The van der Waals surface area contributed by atoms with Crippen LogP contribution in [0.3, 0.4) is 0 Å². The summed E-state index contributed by atoms with van der Waals surface area (Å²) in [6, 6.07) is 5.43. The largest absolute Gasteiger partial charge is 0.493 e. The molecule has 1 rings (SSSR count). The molecule has 0 radical (unpaired) electrons. The first-order valence-corrected chi connectivity index (χ1v) is 7.79. The van der Waals surface area contributed by atoms with Crippen LogP contribution in [0.15, 0.2) is 29.2 Å². The number of hydrogen-bond acceptors (Lipinski definition) is 5. The van der Waals surface area contributed by atoms with Crippen molar-refractivity contribution in [2.75, 3.05) is 20.3 Å². The van der Waals surface area contributed by atoms with E-state index in [0.29, 0.717) is 5.75 Å². The molecular weight excluding hydrogens is 298 g/mol. The minimum absolute atomic E-state index is 0.0323. The quantitative estimate of drug-likeness (QED) is 0.700. The number of benzene rings is 1. The third-order valence-electron chi connectivity index (χ3n) is 2.49. The van der Waals surface area contributed by atoms with Gasteiger partial charge in [0.15, 0.2) is 0 Å². The fraction of sp³-hybridized carbons (Fsp3) is 0.462. The van der Waals surface area contributed by atoms with Gasteiger partial charge in [-0.1, -0.05) is 0 Å². The van der Waals surface area contributed by atoms with E-state index in [1.165, 1.54) is 31.4 Å². The minimum Gasteiger partial charge on any atom is -0.493 e. The second-order valence-electron chi connectivity index (χ2n) is 4.44. The molecule has 0 aromatic heterocycles. The molecule has 0 saturated carbocycles. The number of nitrogens with one attached hydrogen (secondary N) is 1. The number of methoxy groups -OCH3 is 1. The van der Waals surface area contributed by atoms with E-state index in [1.807, 2.05) is 0 Å². The SMILES string of the molecule is COCC(C)NS(=O)(=O)c1ccc(OCCC(=O)O)cc1. The molecule has 0 aliphatic carbocycles. The van der Waals surface area contributed by atoms with Crippen LogP contribution in [0.25, 0.3) is 0 Å². The van der Waals surface area contributed by atoms with Crippen LogP contribution >= 0.6 is 0 Å². The van der Waals surface area contributed by atoms with Crippen LogP contribution in [0, 0.1) is 0 Å². The van der Waals surface area contributed by atoms with Crippen LogP contribution in [0.2, 0.25) is 0 Å². The molecule has 0 fully saturated rings. The number of carboxylic acids is 1. The van der Waals surface area contributed by atoms with Crippen molar-refractivity contribution in [3.8, 4) is 5.75 Å². The molecule has 1 aromatic carbocycles. The molecule has 0 spiro atoms. The zero-order valence-corrected chi connectivity index (χ0v) is 12.7. The first-order valence-electron chi connectivity index (χ1n) is 6.31. The van der Waals surface area contributed by atoms with Gasteiger partial charge in [-0.15, -0.1) is 0 Å². The van der Waals surface area contributed by atoms with Gasteiger partial charge in [-0.3, -0.25) is 4.79 Å². The summed E-state index contributed by atoms with van der Waals surface area (Å²) < 4.78 is 36.6. The topological polar surface area (TPSA) is 102 Å². The lowest BCUT2D eigenvalue weighted by Crippen LogP contribution is -2.35. The Balaban J connectivity index is 2.66. The van der Waals surface area contributed by atoms with Crippen molar-refractivity contribution in [2.45, 2.75) is 24.3 Å². The van der Waals surface area contributed by atoms with Crippen LogP contribution in [-0.2, 0) is 19.6 Å². The predicted octanol–water partition coefficient (Wildman–Crippen LogP) is 0.853. The number of carboxylic acid groups (broad SMARTS) is 1. The average molecular weight is 317 g/mol. The Bertz CT molecular complexity index is 555. The highest BCUT2D eigenvalue weighted by molar-refractivity contribution is 7.89. The molecule has 21 heavy (non-hydrogen) atoms. The Morgan fingerprint density at radius 1 is 1.33 bits per heavy atom. The highest BCUT2D eigenvalue weighted by atomic mass is 32.2. The van der Waals surface area contributed by atoms with Crippen molar-refractivity contribution in [1.82, 2.24) is 4.72 Å². The Kier molecular flexibility index (Phi) is 6.60. The number of hydrogen-bond donors (Lipinski definition) is 2. The van der Waals surface area contributed by atoms with Gasteiger partial charge in [-0.25, -0.2) is 13.1 Å². The summed E-state index contributed by atoms with van der Waals surface area (Å²) in [5.41, 5.74) is 0. The van der Waals surface area contributed by atoms with E-state index in [2.05, 4.69) is 4.72 Å². The monoisotopic (exact) mass is 317 g/mol. The molecule has 0 saturated heterocycles. The third kappa shape index (κ3) is 6.11. The summed E-state index contributed by atoms with van der Waals surface area (Å²) in [6.07, 6.45) is -0.115. The molecule has 0 heterocycles. The number of sulfonamides is 1. The van der Waals surface area contributed by atoms with Gasteiger partial charge in [0.05, 0.1) is 24.5 Å². The molecule has 0 aliphatic heterocycles. The summed E-state index contributed by atoms with van der Waals surface area (Å²) in [5.74, 6) is -0.536. The van der Waals surface area contributed by atoms with E-state index in [-0.39, 0.29) is 30.6 Å². The van der Waals surface area contributed by atoms with Crippen molar-refractivity contribution in [1.29, 1.82) is 0 Å². The van der Waals surface area contributed by atoms with Crippen molar-refractivity contribution in [3.63, 3.8) is 0 Å². The minimum atomic E-state index is -3.61. The number of carbonyl (C=O) groups is 1. The normalized spacial score (nSPS) is 12.9. The molecule has 1 atom stereocenters. The second-order valence-corrected chi connectivity index (χ2v) is 6.16. The molecule has 1 aromatic rings. The molecular formula is C13H19NO6S. The molecule has 0 amide bonds. The van der Waals surface area contributed by atoms with E-state index < -0.39 is 16.0 Å². The standard InChI is InChI=1S/C13H19NO6S/c1-10(9-19-2)14-21(17,18)12-5-3-11(4-6-12)20-8-7-13(15)16/h3-6,10,14H,7-9H2,1-2H3,(H,15,16). The van der Waals surface area contributed by atoms with E-state index in [0.717, 1.165) is 0 Å². The van der Waals surface area contributed by atoms with Crippen LogP contribution in [0.4, 0.5) is 0 Å². The maximum atomic E-state index is 12.0. The molecule has 0 aliphatic rings. The smallest absolute Gasteiger partial charge is 0.306 e. The van der Waals surface area contributed by atoms with Gasteiger partial charge < -0.3 is 14.6 Å². The first-order chi connectivity index (χ1) is 9.85. The average Bonchev–Trinajstić information content (AvgIpc) is 2.38. The number of rotatable bonds is 9. The van der Waals surface area contributed by atoms with E-state index in [9.17, 15) is 13.2 Å². The Hall–Kier alpha value is -1.64. The van der Waals surface area contributed by atoms with Crippen molar-refractivity contribution in [2.24, 2.45) is 0 Å². The summed E-state index contributed by atoms with van der Waals surface area (Å²) in [5, 5.41) is 8.49. The lowest BCUT2D eigenvalue weighted by atomic mass is 10.3. The number of aliphatic carboxylic acids is 1.